The lowest BCUT2D eigenvalue weighted by Gasteiger charge is -2.24. The average Bonchev–Trinajstić information content (AvgIpc) is 3.49. The van der Waals surface area contributed by atoms with Crippen LogP contribution in [0.4, 0.5) is 0 Å². The highest BCUT2D eigenvalue weighted by molar-refractivity contribution is 7.92. The van der Waals surface area contributed by atoms with E-state index < -0.39 is 9.84 Å². The minimum absolute atomic E-state index is 0.315. The predicted molar refractivity (Wildman–Crippen MR) is 187 cm³/mol. The van der Waals surface area contributed by atoms with E-state index in [9.17, 15) is 8.42 Å². The molecular formula is C41H28N2O2S. The van der Waals surface area contributed by atoms with Crippen molar-refractivity contribution in [3.05, 3.63) is 145 Å². The van der Waals surface area contributed by atoms with Crippen molar-refractivity contribution in [2.45, 2.75) is 23.1 Å². The first-order valence-corrected chi connectivity index (χ1v) is 17.0. The standard InChI is InChI=1S/C41H28N2O2S/c1-2-37-42-34-19-11-21-36-41(34)43(37)40-29(18-10-20-35(40)46(36,44)45)26-22-24-28(25-23-26)39-32-16-8-6-14-30(32)38(27-12-4-3-5-13-27)31-15-7-9-17-33(31)39/h3-25H,2H2,1H3. The van der Waals surface area contributed by atoms with E-state index in [1.54, 1.807) is 18.2 Å². The van der Waals surface area contributed by atoms with Crippen LogP contribution in [0.2, 0.25) is 0 Å². The molecule has 0 saturated heterocycles. The Kier molecular flexibility index (Phi) is 5.83. The van der Waals surface area contributed by atoms with Gasteiger partial charge in [0.2, 0.25) is 9.84 Å². The van der Waals surface area contributed by atoms with Gasteiger partial charge in [0.05, 0.1) is 26.5 Å². The molecule has 0 unspecified atom stereocenters. The zero-order chi connectivity index (χ0) is 31.0. The van der Waals surface area contributed by atoms with Gasteiger partial charge in [-0.05, 0) is 67.6 Å². The van der Waals surface area contributed by atoms with Crippen molar-refractivity contribution in [2.75, 3.05) is 0 Å². The first-order chi connectivity index (χ1) is 22.6. The monoisotopic (exact) mass is 612 g/mol. The molecule has 220 valence electrons. The predicted octanol–water partition coefficient (Wildman–Crippen LogP) is 10.0. The van der Waals surface area contributed by atoms with E-state index in [0.29, 0.717) is 32.9 Å². The van der Waals surface area contributed by atoms with E-state index in [4.69, 9.17) is 4.98 Å². The molecule has 2 heterocycles. The van der Waals surface area contributed by atoms with Crippen molar-refractivity contribution >= 4 is 42.4 Å². The van der Waals surface area contributed by atoms with Crippen LogP contribution in [0.15, 0.2) is 149 Å². The Morgan fingerprint density at radius 3 is 1.67 bits per heavy atom. The first-order valence-electron chi connectivity index (χ1n) is 15.5. The summed E-state index contributed by atoms with van der Waals surface area (Å²) >= 11 is 0. The average molecular weight is 613 g/mol. The molecule has 5 heteroatoms. The maximum absolute atomic E-state index is 13.9. The Bertz CT molecular complexity index is 2560. The summed E-state index contributed by atoms with van der Waals surface area (Å²) in [6.07, 6.45) is 0.681. The summed E-state index contributed by atoms with van der Waals surface area (Å²) in [5, 5.41) is 4.81. The number of rotatable bonds is 4. The lowest BCUT2D eigenvalue weighted by atomic mass is 9.85. The van der Waals surface area contributed by atoms with Crippen LogP contribution in [0.5, 0.6) is 0 Å². The molecule has 0 fully saturated rings. The van der Waals surface area contributed by atoms with Gasteiger partial charge in [-0.3, -0.25) is 4.57 Å². The van der Waals surface area contributed by atoms with Gasteiger partial charge in [-0.2, -0.15) is 0 Å². The lowest BCUT2D eigenvalue weighted by Crippen LogP contribution is -2.16. The van der Waals surface area contributed by atoms with E-state index in [2.05, 4.69) is 115 Å². The molecule has 1 aliphatic heterocycles. The van der Waals surface area contributed by atoms with E-state index in [1.165, 1.54) is 38.2 Å². The van der Waals surface area contributed by atoms with Gasteiger partial charge >= 0.3 is 0 Å². The minimum atomic E-state index is -3.72. The number of hydrogen-bond acceptors (Lipinski definition) is 3. The molecule has 8 aromatic rings. The highest BCUT2D eigenvalue weighted by atomic mass is 32.2. The summed E-state index contributed by atoms with van der Waals surface area (Å²) in [6, 6.07) is 47.4. The first kappa shape index (κ1) is 26.8. The van der Waals surface area contributed by atoms with Gasteiger partial charge in [0.15, 0.2) is 0 Å². The number of fused-ring (bicyclic) bond motifs is 4. The van der Waals surface area contributed by atoms with Crippen LogP contribution in [-0.4, -0.2) is 18.0 Å². The highest BCUT2D eigenvalue weighted by Crippen LogP contribution is 2.46. The van der Waals surface area contributed by atoms with Gasteiger partial charge in [0.1, 0.15) is 5.82 Å². The summed E-state index contributed by atoms with van der Waals surface area (Å²) in [5.74, 6) is 0.846. The van der Waals surface area contributed by atoms with Gasteiger partial charge in [0, 0.05) is 12.0 Å². The topological polar surface area (TPSA) is 52.0 Å². The van der Waals surface area contributed by atoms with Crippen LogP contribution >= 0.6 is 0 Å². The van der Waals surface area contributed by atoms with Crippen LogP contribution in [0.1, 0.15) is 12.7 Å². The third kappa shape index (κ3) is 3.72. The largest absolute Gasteiger partial charge is 0.293 e. The molecule has 0 spiro atoms. The number of sulfone groups is 1. The van der Waals surface area contributed by atoms with E-state index in [1.807, 2.05) is 18.2 Å². The molecular weight excluding hydrogens is 585 g/mol. The maximum Gasteiger partial charge on any atom is 0.210 e. The molecule has 7 aromatic carbocycles. The molecule has 0 amide bonds. The zero-order valence-corrected chi connectivity index (χ0v) is 25.9. The van der Waals surface area contributed by atoms with E-state index in [0.717, 1.165) is 22.5 Å². The minimum Gasteiger partial charge on any atom is -0.293 e. The van der Waals surface area contributed by atoms with Crippen molar-refractivity contribution in [3.63, 3.8) is 0 Å². The van der Waals surface area contributed by atoms with Gasteiger partial charge < -0.3 is 0 Å². The fraction of sp³-hybridized carbons (Fsp3) is 0.0488. The molecule has 0 bridgehead atoms. The molecule has 0 radical (unpaired) electrons. The molecule has 9 rings (SSSR count). The molecule has 0 atom stereocenters. The van der Waals surface area contributed by atoms with Crippen LogP contribution < -0.4 is 0 Å². The van der Waals surface area contributed by atoms with Crippen molar-refractivity contribution in [1.82, 2.24) is 9.55 Å². The van der Waals surface area contributed by atoms with Gasteiger partial charge in [-0.25, -0.2) is 13.4 Å². The number of para-hydroxylation sites is 2. The smallest absolute Gasteiger partial charge is 0.210 e. The van der Waals surface area contributed by atoms with E-state index in [-0.39, 0.29) is 0 Å². The summed E-state index contributed by atoms with van der Waals surface area (Å²) in [5.41, 5.74) is 8.59. The highest BCUT2D eigenvalue weighted by Gasteiger charge is 2.34. The Balaban J connectivity index is 1.27. The van der Waals surface area contributed by atoms with Crippen molar-refractivity contribution in [1.29, 1.82) is 0 Å². The van der Waals surface area contributed by atoms with Crippen LogP contribution in [-0.2, 0) is 16.3 Å². The molecule has 4 nitrogen and oxygen atoms in total. The fourth-order valence-electron chi connectivity index (χ4n) is 7.33. The molecule has 46 heavy (non-hydrogen) atoms. The van der Waals surface area contributed by atoms with Crippen molar-refractivity contribution < 1.29 is 8.42 Å². The Morgan fingerprint density at radius 2 is 1.07 bits per heavy atom. The zero-order valence-electron chi connectivity index (χ0n) is 25.1. The Morgan fingerprint density at radius 1 is 0.543 bits per heavy atom. The van der Waals surface area contributed by atoms with E-state index >= 15 is 0 Å². The summed E-state index contributed by atoms with van der Waals surface area (Å²) in [4.78, 5) is 5.47. The molecule has 1 aromatic heterocycles. The molecule has 0 saturated carbocycles. The van der Waals surface area contributed by atoms with Gasteiger partial charge in [-0.1, -0.05) is 128 Å². The summed E-state index contributed by atoms with van der Waals surface area (Å²) in [7, 11) is -3.72. The number of nitrogens with zero attached hydrogens (tertiary/aromatic N) is 2. The second-order valence-electron chi connectivity index (χ2n) is 11.8. The number of hydrogen-bond donors (Lipinski definition) is 0. The van der Waals surface area contributed by atoms with Crippen LogP contribution in [0.3, 0.4) is 0 Å². The molecule has 0 aliphatic carbocycles. The fourth-order valence-corrected chi connectivity index (χ4v) is 8.99. The summed E-state index contributed by atoms with van der Waals surface area (Å²) in [6.45, 7) is 2.06. The Labute approximate surface area is 267 Å². The number of benzene rings is 7. The third-order valence-electron chi connectivity index (χ3n) is 9.31. The normalized spacial score (nSPS) is 13.3. The third-order valence-corrected chi connectivity index (χ3v) is 11.1. The van der Waals surface area contributed by atoms with Gasteiger partial charge in [-0.15, -0.1) is 0 Å². The number of imidazole rings is 1. The SMILES string of the molecule is CCc1nc2cccc3c2n1-c1c(-c2ccc(-c4c5ccccc5c(-c5ccccc5)c5ccccc45)cc2)cccc1S3(=O)=O. The second kappa shape index (κ2) is 9.99. The van der Waals surface area contributed by atoms with Crippen LogP contribution in [0, 0.1) is 0 Å². The number of aromatic nitrogens is 2. The van der Waals surface area contributed by atoms with Crippen molar-refractivity contribution in [2.24, 2.45) is 0 Å². The second-order valence-corrected chi connectivity index (χ2v) is 13.7. The molecule has 0 N–H and O–H groups in total. The maximum atomic E-state index is 13.9. The summed E-state index contributed by atoms with van der Waals surface area (Å²) < 4.78 is 29.9. The lowest BCUT2D eigenvalue weighted by molar-refractivity contribution is 0.594. The Hall–Kier alpha value is -5.52. The van der Waals surface area contributed by atoms with Crippen molar-refractivity contribution in [3.8, 4) is 39.1 Å². The molecule has 1 aliphatic rings. The van der Waals surface area contributed by atoms with Gasteiger partial charge in [0.25, 0.3) is 0 Å². The van der Waals surface area contributed by atoms with Crippen LogP contribution in [0.25, 0.3) is 71.6 Å². The quantitative estimate of drug-likeness (QED) is 0.186. The number of aryl methyl sites for hydroxylation is 1.